The molecule has 0 aliphatic heterocycles. The lowest BCUT2D eigenvalue weighted by Crippen LogP contribution is -2.13. The summed E-state index contributed by atoms with van der Waals surface area (Å²) in [4.78, 5) is 4.89. The minimum absolute atomic E-state index is 1.07. The molecule has 0 saturated carbocycles. The van der Waals surface area contributed by atoms with Crippen molar-refractivity contribution in [2.24, 2.45) is 0 Å². The number of hydrogen-bond acceptors (Lipinski definition) is 2. The van der Waals surface area contributed by atoms with E-state index >= 15 is 0 Å². The Kier molecular flexibility index (Phi) is 10.3. The summed E-state index contributed by atoms with van der Waals surface area (Å²) in [7, 11) is 0. The van der Waals surface area contributed by atoms with E-state index in [0.29, 0.717) is 0 Å². The molecule has 0 aliphatic carbocycles. The van der Waals surface area contributed by atoms with Crippen molar-refractivity contribution in [3.05, 3.63) is 267 Å². The lowest BCUT2D eigenvalue weighted by Gasteiger charge is -2.31. The Morgan fingerprint density at radius 2 is 0.703 bits per heavy atom. The number of fused-ring (bicyclic) bond motifs is 3. The summed E-state index contributed by atoms with van der Waals surface area (Å²) in [6.45, 7) is 0. The molecule has 0 aromatic heterocycles. The molecule has 0 N–H and O–H groups in total. The highest BCUT2D eigenvalue weighted by Gasteiger charge is 2.24. The summed E-state index contributed by atoms with van der Waals surface area (Å²) in [5, 5.41) is 4.74. The molecule has 11 aromatic rings. The molecule has 11 rings (SSSR count). The standard InChI is InChI=1S/C62H44N2/c1-6-22-45(23-7-1)48-38-41-61(58(42-48)47-26-10-3-11-27-47)64(51-31-14-5-15-32-51)62-43-49-28-16-17-34-54(49)56-40-39-52(44-59(56)62)63(50-29-12-4-13-30-50)60-37-21-20-36-57(60)55-35-19-18-33-53(55)46-24-8-2-9-25-46/h1-44H. The molecule has 0 spiro atoms. The van der Waals surface area contributed by atoms with Crippen LogP contribution in [0.15, 0.2) is 267 Å². The van der Waals surface area contributed by atoms with E-state index in [1.54, 1.807) is 0 Å². The smallest absolute Gasteiger partial charge is 0.0547 e. The highest BCUT2D eigenvalue weighted by molar-refractivity contribution is 6.16. The van der Waals surface area contributed by atoms with Gasteiger partial charge in [0.2, 0.25) is 0 Å². The van der Waals surface area contributed by atoms with Crippen molar-refractivity contribution in [2.75, 3.05) is 9.80 Å². The SMILES string of the molecule is c1ccc(-c2ccc(N(c3ccccc3)c3cc4ccccc4c4ccc(N(c5ccccc5)c5ccccc5-c5ccccc5-c5ccccc5)cc34)c(-c3ccccc3)c2)cc1. The van der Waals surface area contributed by atoms with E-state index in [9.17, 15) is 0 Å². The van der Waals surface area contributed by atoms with Crippen molar-refractivity contribution in [3.8, 4) is 44.5 Å². The topological polar surface area (TPSA) is 6.48 Å². The number of rotatable bonds is 10. The fourth-order valence-corrected chi connectivity index (χ4v) is 9.26. The van der Waals surface area contributed by atoms with Crippen LogP contribution in [0.1, 0.15) is 0 Å². The molecular formula is C62H44N2. The Bertz CT molecular complexity index is 3370. The number of benzene rings is 11. The van der Waals surface area contributed by atoms with Crippen LogP contribution in [0.25, 0.3) is 66.1 Å². The molecule has 0 bridgehead atoms. The van der Waals surface area contributed by atoms with Crippen LogP contribution in [0.3, 0.4) is 0 Å². The second kappa shape index (κ2) is 17.1. The predicted molar refractivity (Wildman–Crippen MR) is 273 cm³/mol. The van der Waals surface area contributed by atoms with Gasteiger partial charge in [0.1, 0.15) is 0 Å². The van der Waals surface area contributed by atoms with Gasteiger partial charge in [-0.2, -0.15) is 0 Å². The van der Waals surface area contributed by atoms with Crippen molar-refractivity contribution >= 4 is 55.7 Å². The Morgan fingerprint density at radius 1 is 0.203 bits per heavy atom. The maximum absolute atomic E-state index is 2.46. The molecule has 64 heavy (non-hydrogen) atoms. The van der Waals surface area contributed by atoms with E-state index in [-0.39, 0.29) is 0 Å². The molecule has 11 aromatic carbocycles. The third-order valence-corrected chi connectivity index (χ3v) is 12.2. The number of para-hydroxylation sites is 3. The second-order valence-corrected chi connectivity index (χ2v) is 16.1. The lowest BCUT2D eigenvalue weighted by molar-refractivity contribution is 1.28. The van der Waals surface area contributed by atoms with E-state index in [1.807, 2.05) is 0 Å². The maximum atomic E-state index is 2.46. The highest BCUT2D eigenvalue weighted by atomic mass is 15.2. The van der Waals surface area contributed by atoms with Gasteiger partial charge in [-0.25, -0.2) is 0 Å². The van der Waals surface area contributed by atoms with E-state index in [2.05, 4.69) is 277 Å². The van der Waals surface area contributed by atoms with E-state index < -0.39 is 0 Å². The van der Waals surface area contributed by atoms with Crippen molar-refractivity contribution in [3.63, 3.8) is 0 Å². The zero-order chi connectivity index (χ0) is 42.7. The first-order valence-electron chi connectivity index (χ1n) is 21.9. The van der Waals surface area contributed by atoms with Gasteiger partial charge < -0.3 is 9.80 Å². The largest absolute Gasteiger partial charge is 0.310 e. The fraction of sp³-hybridized carbons (Fsp3) is 0. The minimum Gasteiger partial charge on any atom is -0.310 e. The van der Waals surface area contributed by atoms with Crippen LogP contribution >= 0.6 is 0 Å². The summed E-state index contributed by atoms with van der Waals surface area (Å²) < 4.78 is 0. The van der Waals surface area contributed by atoms with E-state index in [4.69, 9.17) is 0 Å². The Hall–Kier alpha value is -8.46. The first kappa shape index (κ1) is 38.5. The van der Waals surface area contributed by atoms with Crippen molar-refractivity contribution in [1.82, 2.24) is 0 Å². The average molecular weight is 817 g/mol. The van der Waals surface area contributed by atoms with Crippen LogP contribution in [0.2, 0.25) is 0 Å². The number of anilines is 6. The van der Waals surface area contributed by atoms with Gasteiger partial charge in [0, 0.05) is 33.6 Å². The van der Waals surface area contributed by atoms with E-state index in [0.717, 1.165) is 56.2 Å². The van der Waals surface area contributed by atoms with Gasteiger partial charge in [-0.05, 0) is 110 Å². The zero-order valence-corrected chi connectivity index (χ0v) is 35.3. The van der Waals surface area contributed by atoms with Crippen molar-refractivity contribution in [2.45, 2.75) is 0 Å². The molecule has 0 fully saturated rings. The Morgan fingerprint density at radius 3 is 1.38 bits per heavy atom. The zero-order valence-electron chi connectivity index (χ0n) is 35.3. The van der Waals surface area contributed by atoms with E-state index in [1.165, 1.54) is 44.0 Å². The predicted octanol–water partition coefficient (Wildman–Crippen LogP) is 17.6. The lowest BCUT2D eigenvalue weighted by atomic mass is 9.92. The third kappa shape index (κ3) is 7.27. The highest BCUT2D eigenvalue weighted by Crippen LogP contribution is 2.49. The summed E-state index contributed by atoms with van der Waals surface area (Å²) in [5.41, 5.74) is 15.9. The van der Waals surface area contributed by atoms with Gasteiger partial charge in [-0.1, -0.05) is 206 Å². The molecule has 0 saturated heterocycles. The second-order valence-electron chi connectivity index (χ2n) is 16.1. The molecule has 2 nitrogen and oxygen atoms in total. The van der Waals surface area contributed by atoms with Gasteiger partial charge in [0.15, 0.2) is 0 Å². The fourth-order valence-electron chi connectivity index (χ4n) is 9.26. The molecule has 302 valence electrons. The molecule has 0 aliphatic rings. The maximum Gasteiger partial charge on any atom is 0.0547 e. The Labute approximate surface area is 375 Å². The summed E-state index contributed by atoms with van der Waals surface area (Å²) in [6, 6.07) is 96.5. The molecular weight excluding hydrogens is 773 g/mol. The molecule has 0 amide bonds. The first-order valence-corrected chi connectivity index (χ1v) is 21.9. The number of nitrogens with zero attached hydrogens (tertiary/aromatic N) is 2. The minimum atomic E-state index is 1.07. The average Bonchev–Trinajstić information content (AvgIpc) is 3.38. The number of hydrogen-bond donors (Lipinski definition) is 0. The van der Waals surface area contributed by atoms with Gasteiger partial charge >= 0.3 is 0 Å². The molecule has 0 unspecified atom stereocenters. The molecule has 0 atom stereocenters. The quantitative estimate of drug-likeness (QED) is 0.127. The summed E-state index contributed by atoms with van der Waals surface area (Å²) in [5.74, 6) is 0. The van der Waals surface area contributed by atoms with Gasteiger partial charge in [0.25, 0.3) is 0 Å². The third-order valence-electron chi connectivity index (χ3n) is 12.2. The van der Waals surface area contributed by atoms with Crippen molar-refractivity contribution < 1.29 is 0 Å². The molecule has 2 heteroatoms. The first-order chi connectivity index (χ1) is 31.8. The normalized spacial score (nSPS) is 11.1. The van der Waals surface area contributed by atoms with Gasteiger partial charge in [0.05, 0.1) is 17.1 Å². The van der Waals surface area contributed by atoms with Crippen LogP contribution in [-0.2, 0) is 0 Å². The molecule has 0 heterocycles. The monoisotopic (exact) mass is 816 g/mol. The van der Waals surface area contributed by atoms with Crippen LogP contribution < -0.4 is 9.80 Å². The Balaban J connectivity index is 1.18. The summed E-state index contributed by atoms with van der Waals surface area (Å²) in [6.07, 6.45) is 0. The van der Waals surface area contributed by atoms with Gasteiger partial charge in [-0.3, -0.25) is 0 Å². The molecule has 0 radical (unpaired) electrons. The van der Waals surface area contributed by atoms with Crippen LogP contribution in [0, 0.1) is 0 Å². The summed E-state index contributed by atoms with van der Waals surface area (Å²) >= 11 is 0. The van der Waals surface area contributed by atoms with Crippen LogP contribution in [-0.4, -0.2) is 0 Å². The van der Waals surface area contributed by atoms with Crippen LogP contribution in [0.5, 0.6) is 0 Å². The van der Waals surface area contributed by atoms with Gasteiger partial charge in [-0.15, -0.1) is 0 Å². The van der Waals surface area contributed by atoms with Crippen molar-refractivity contribution in [1.29, 1.82) is 0 Å². The van der Waals surface area contributed by atoms with Crippen LogP contribution in [0.4, 0.5) is 34.1 Å².